The molecule has 0 atom stereocenters. The van der Waals surface area contributed by atoms with Crippen LogP contribution in [-0.4, -0.2) is 49.3 Å². The first-order valence-corrected chi connectivity index (χ1v) is 9.61. The van der Waals surface area contributed by atoms with Gasteiger partial charge in [0.1, 0.15) is 0 Å². The molecule has 0 aromatic heterocycles. The minimum absolute atomic E-state index is 0.0441. The number of nitrogens with one attached hydrogen (secondary N) is 2. The number of hydrogen-bond acceptors (Lipinski definition) is 6. The molecule has 1 aromatic carbocycles. The summed E-state index contributed by atoms with van der Waals surface area (Å²) in [6, 6.07) is 6.85. The molecule has 2 rings (SSSR count). The maximum Gasteiger partial charge on any atom is 0.321 e. The van der Waals surface area contributed by atoms with Crippen LogP contribution >= 0.6 is 11.8 Å². The fraction of sp³-hybridized carbons (Fsp3) is 0.444. The predicted octanol–water partition coefficient (Wildman–Crippen LogP) is 1.54. The molecule has 0 saturated carbocycles. The third-order valence-electron chi connectivity index (χ3n) is 3.64. The Morgan fingerprint density at radius 2 is 2.00 bits per heavy atom. The van der Waals surface area contributed by atoms with Crippen molar-refractivity contribution in [1.29, 1.82) is 0 Å². The van der Waals surface area contributed by atoms with Gasteiger partial charge in [0.15, 0.2) is 6.61 Å². The van der Waals surface area contributed by atoms with E-state index in [2.05, 4.69) is 10.6 Å². The lowest BCUT2D eigenvalue weighted by Crippen LogP contribution is -2.42. The van der Waals surface area contributed by atoms with Crippen molar-refractivity contribution in [2.75, 3.05) is 30.3 Å². The Labute approximate surface area is 162 Å². The van der Waals surface area contributed by atoms with Crippen molar-refractivity contribution in [3.63, 3.8) is 0 Å². The number of benzene rings is 1. The van der Waals surface area contributed by atoms with E-state index < -0.39 is 24.5 Å². The number of thioether (sulfide) groups is 1. The van der Waals surface area contributed by atoms with Crippen LogP contribution in [0.2, 0.25) is 0 Å². The summed E-state index contributed by atoms with van der Waals surface area (Å²) in [5.41, 5.74) is 0.770. The first-order valence-electron chi connectivity index (χ1n) is 8.62. The first-order chi connectivity index (χ1) is 12.9. The number of urea groups is 1. The van der Waals surface area contributed by atoms with Gasteiger partial charge in [0.2, 0.25) is 5.91 Å². The minimum Gasteiger partial charge on any atom is -0.456 e. The Bertz CT molecular complexity index is 723. The highest BCUT2D eigenvalue weighted by Gasteiger charge is 2.25. The maximum atomic E-state index is 12.1. The second kappa shape index (κ2) is 9.96. The van der Waals surface area contributed by atoms with Crippen LogP contribution in [-0.2, 0) is 19.1 Å². The van der Waals surface area contributed by atoms with Gasteiger partial charge in [-0.1, -0.05) is 26.0 Å². The number of rotatable bonds is 7. The van der Waals surface area contributed by atoms with Crippen LogP contribution in [0.1, 0.15) is 20.3 Å². The van der Waals surface area contributed by atoms with Crippen LogP contribution in [0, 0.1) is 5.92 Å². The van der Waals surface area contributed by atoms with Crippen molar-refractivity contribution < 1.29 is 23.9 Å². The standard InChI is InChI=1S/C18H23N3O5S/c1-12(2)9-19-18(25)20-15(22)10-26-17(24)7-8-21-13-5-3-4-6-14(13)27-11-16(21)23/h3-6,12H,7-11H2,1-2H3,(H2,19,20,22,25). The van der Waals surface area contributed by atoms with E-state index in [1.54, 1.807) is 4.90 Å². The summed E-state index contributed by atoms with van der Waals surface area (Å²) < 4.78 is 4.87. The van der Waals surface area contributed by atoms with Crippen molar-refractivity contribution in [3.8, 4) is 0 Å². The SMILES string of the molecule is CC(C)CNC(=O)NC(=O)COC(=O)CCN1C(=O)CSc2ccccc21. The largest absolute Gasteiger partial charge is 0.456 e. The number of nitrogens with zero attached hydrogens (tertiary/aromatic N) is 1. The molecule has 9 heteroatoms. The van der Waals surface area contributed by atoms with Crippen LogP contribution in [0.15, 0.2) is 29.2 Å². The van der Waals surface area contributed by atoms with E-state index >= 15 is 0 Å². The average Bonchev–Trinajstić information content (AvgIpc) is 2.64. The third kappa shape index (κ3) is 6.59. The first kappa shape index (κ1) is 20.8. The van der Waals surface area contributed by atoms with E-state index in [1.807, 2.05) is 38.1 Å². The van der Waals surface area contributed by atoms with Gasteiger partial charge in [0.05, 0.1) is 17.9 Å². The van der Waals surface area contributed by atoms with Gasteiger partial charge >= 0.3 is 12.0 Å². The zero-order valence-electron chi connectivity index (χ0n) is 15.3. The van der Waals surface area contributed by atoms with Crippen molar-refractivity contribution in [2.45, 2.75) is 25.2 Å². The molecule has 0 unspecified atom stereocenters. The summed E-state index contributed by atoms with van der Waals surface area (Å²) in [4.78, 5) is 49.6. The van der Waals surface area contributed by atoms with Gasteiger partial charge < -0.3 is 15.0 Å². The van der Waals surface area contributed by atoms with Gasteiger partial charge in [-0.3, -0.25) is 19.7 Å². The van der Waals surface area contributed by atoms with Gasteiger partial charge in [0.25, 0.3) is 5.91 Å². The molecule has 0 aliphatic carbocycles. The van der Waals surface area contributed by atoms with Crippen molar-refractivity contribution in [1.82, 2.24) is 10.6 Å². The molecule has 1 aliphatic rings. The molecule has 0 radical (unpaired) electrons. The summed E-state index contributed by atoms with van der Waals surface area (Å²) in [6.45, 7) is 3.91. The average molecular weight is 393 g/mol. The summed E-state index contributed by atoms with van der Waals surface area (Å²) >= 11 is 1.46. The van der Waals surface area contributed by atoms with E-state index in [0.717, 1.165) is 10.6 Å². The highest BCUT2D eigenvalue weighted by Crippen LogP contribution is 2.34. The molecule has 8 nitrogen and oxygen atoms in total. The Balaban J connectivity index is 1.74. The van der Waals surface area contributed by atoms with Gasteiger partial charge in [-0.2, -0.15) is 0 Å². The number of amides is 4. The zero-order valence-corrected chi connectivity index (χ0v) is 16.1. The predicted molar refractivity (Wildman–Crippen MR) is 101 cm³/mol. The molecule has 0 fully saturated rings. The molecule has 1 aliphatic heterocycles. The monoisotopic (exact) mass is 393 g/mol. The summed E-state index contributed by atoms with van der Waals surface area (Å²) in [5, 5.41) is 4.61. The van der Waals surface area contributed by atoms with Gasteiger partial charge in [-0.15, -0.1) is 11.8 Å². The quantitative estimate of drug-likeness (QED) is 0.681. The van der Waals surface area contributed by atoms with E-state index in [1.165, 1.54) is 11.8 Å². The molecule has 27 heavy (non-hydrogen) atoms. The lowest BCUT2D eigenvalue weighted by molar-refractivity contribution is -0.148. The summed E-state index contributed by atoms with van der Waals surface area (Å²) in [5.74, 6) is -0.827. The Morgan fingerprint density at radius 3 is 2.74 bits per heavy atom. The number of imide groups is 1. The number of ether oxygens (including phenoxy) is 1. The Hall–Kier alpha value is -2.55. The highest BCUT2D eigenvalue weighted by atomic mass is 32.2. The topological polar surface area (TPSA) is 105 Å². The van der Waals surface area contributed by atoms with E-state index in [4.69, 9.17) is 4.74 Å². The van der Waals surface area contributed by atoms with Crippen molar-refractivity contribution >= 4 is 41.3 Å². The maximum absolute atomic E-state index is 12.1. The lowest BCUT2D eigenvalue weighted by atomic mass is 10.2. The van der Waals surface area contributed by atoms with E-state index in [9.17, 15) is 19.2 Å². The zero-order chi connectivity index (χ0) is 19.8. The number of hydrogen-bond donors (Lipinski definition) is 2. The molecule has 2 N–H and O–H groups in total. The molecule has 4 amide bonds. The molecule has 146 valence electrons. The summed E-state index contributed by atoms with van der Waals surface area (Å²) in [7, 11) is 0. The molecular formula is C18H23N3O5S. The molecule has 1 heterocycles. The normalized spacial score (nSPS) is 13.1. The van der Waals surface area contributed by atoms with E-state index in [-0.39, 0.29) is 24.8 Å². The second-order valence-corrected chi connectivity index (χ2v) is 7.38. The molecular weight excluding hydrogens is 370 g/mol. The third-order valence-corrected chi connectivity index (χ3v) is 4.68. The minimum atomic E-state index is -0.708. The van der Waals surface area contributed by atoms with Crippen molar-refractivity contribution in [3.05, 3.63) is 24.3 Å². The smallest absolute Gasteiger partial charge is 0.321 e. The van der Waals surface area contributed by atoms with Crippen LogP contribution in [0.4, 0.5) is 10.5 Å². The molecule has 0 saturated heterocycles. The number of carbonyl (C=O) groups excluding carboxylic acids is 4. The van der Waals surface area contributed by atoms with Gasteiger partial charge in [-0.25, -0.2) is 4.79 Å². The Kier molecular flexibility index (Phi) is 7.66. The lowest BCUT2D eigenvalue weighted by Gasteiger charge is -2.28. The molecule has 0 bridgehead atoms. The highest BCUT2D eigenvalue weighted by molar-refractivity contribution is 8.00. The van der Waals surface area contributed by atoms with Gasteiger partial charge in [0, 0.05) is 18.0 Å². The van der Waals surface area contributed by atoms with Crippen LogP contribution in [0.5, 0.6) is 0 Å². The summed E-state index contributed by atoms with van der Waals surface area (Å²) in [6.07, 6.45) is -0.0441. The fourth-order valence-corrected chi connectivity index (χ4v) is 3.26. The second-order valence-electron chi connectivity index (χ2n) is 6.36. The van der Waals surface area contributed by atoms with Crippen LogP contribution in [0.25, 0.3) is 0 Å². The number of esters is 1. The van der Waals surface area contributed by atoms with Gasteiger partial charge in [-0.05, 0) is 18.1 Å². The van der Waals surface area contributed by atoms with Crippen molar-refractivity contribution in [2.24, 2.45) is 5.92 Å². The number of fused-ring (bicyclic) bond motifs is 1. The Morgan fingerprint density at radius 1 is 1.26 bits per heavy atom. The number of anilines is 1. The number of para-hydroxylation sites is 1. The van der Waals surface area contributed by atoms with E-state index in [0.29, 0.717) is 12.3 Å². The number of carbonyl (C=O) groups is 4. The molecule has 0 spiro atoms. The van der Waals surface area contributed by atoms with Crippen LogP contribution in [0.3, 0.4) is 0 Å². The fourth-order valence-electron chi connectivity index (χ4n) is 2.32. The van der Waals surface area contributed by atoms with Crippen LogP contribution < -0.4 is 15.5 Å². The molecule has 1 aromatic rings.